The van der Waals surface area contributed by atoms with E-state index in [0.717, 1.165) is 11.3 Å². The van der Waals surface area contributed by atoms with Gasteiger partial charge in [-0.2, -0.15) is 0 Å². The van der Waals surface area contributed by atoms with Crippen LogP contribution in [0.2, 0.25) is 0 Å². The Kier molecular flexibility index (Phi) is 2.26. The van der Waals surface area contributed by atoms with Gasteiger partial charge in [-0.15, -0.1) is 11.8 Å². The van der Waals surface area contributed by atoms with Crippen LogP contribution < -0.4 is 5.32 Å². The molecule has 1 heterocycles. The van der Waals surface area contributed by atoms with E-state index in [2.05, 4.69) is 29.6 Å². The van der Waals surface area contributed by atoms with Gasteiger partial charge in [0.05, 0.1) is 0 Å². The first-order chi connectivity index (χ1) is 6.92. The van der Waals surface area contributed by atoms with Gasteiger partial charge in [-0.3, -0.25) is 0 Å². The van der Waals surface area contributed by atoms with Crippen LogP contribution in [0.1, 0.15) is 18.4 Å². The summed E-state index contributed by atoms with van der Waals surface area (Å²) < 4.78 is 0. The zero-order valence-electron chi connectivity index (χ0n) is 8.20. The Bertz CT molecular complexity index is 308. The fraction of sp³-hybridized carbons (Fsp3) is 0.500. The number of hydrogen-bond acceptors (Lipinski definition) is 2. The summed E-state index contributed by atoms with van der Waals surface area (Å²) in [6.07, 6.45) is 4.04. The van der Waals surface area contributed by atoms with E-state index < -0.39 is 0 Å². The van der Waals surface area contributed by atoms with Crippen LogP contribution in [0.5, 0.6) is 0 Å². The van der Waals surface area contributed by atoms with Crippen LogP contribution >= 0.6 is 11.8 Å². The van der Waals surface area contributed by atoms with Crippen molar-refractivity contribution in [2.45, 2.75) is 35.4 Å². The molecule has 1 aromatic carbocycles. The highest BCUT2D eigenvalue weighted by Crippen LogP contribution is 2.36. The Labute approximate surface area is 89.3 Å². The zero-order chi connectivity index (χ0) is 9.38. The third kappa shape index (κ3) is 1.82. The smallest absolute Gasteiger partial charge is 0.0260 e. The molecule has 2 aliphatic rings. The Morgan fingerprint density at radius 2 is 2.14 bits per heavy atom. The lowest BCUT2D eigenvalue weighted by Gasteiger charge is -2.08. The summed E-state index contributed by atoms with van der Waals surface area (Å²) in [6.45, 7) is 1.18. The second-order valence-electron chi connectivity index (χ2n) is 4.23. The van der Waals surface area contributed by atoms with Gasteiger partial charge in [0.15, 0.2) is 0 Å². The zero-order valence-corrected chi connectivity index (χ0v) is 9.02. The SMILES string of the molecule is c1ccc2c(c1)CC(CNC1CC1)S2. The van der Waals surface area contributed by atoms with E-state index in [1.165, 1.54) is 30.7 Å². The lowest BCUT2D eigenvalue weighted by molar-refractivity contribution is 0.661. The average molecular weight is 205 g/mol. The molecule has 0 saturated heterocycles. The highest BCUT2D eigenvalue weighted by molar-refractivity contribution is 8.00. The maximum Gasteiger partial charge on any atom is 0.0260 e. The van der Waals surface area contributed by atoms with Crippen LogP contribution in [0.3, 0.4) is 0 Å². The lowest BCUT2D eigenvalue weighted by atomic mass is 10.1. The minimum atomic E-state index is 0.771. The predicted molar refractivity (Wildman–Crippen MR) is 60.8 cm³/mol. The molecule has 1 aromatic rings. The monoisotopic (exact) mass is 205 g/mol. The van der Waals surface area contributed by atoms with Crippen molar-refractivity contribution < 1.29 is 0 Å². The van der Waals surface area contributed by atoms with E-state index >= 15 is 0 Å². The lowest BCUT2D eigenvalue weighted by Crippen LogP contribution is -2.26. The number of rotatable bonds is 3. The van der Waals surface area contributed by atoms with Gasteiger partial charge in [-0.05, 0) is 30.9 Å². The Morgan fingerprint density at radius 1 is 1.29 bits per heavy atom. The van der Waals surface area contributed by atoms with E-state index in [0.29, 0.717) is 0 Å². The molecule has 2 heteroatoms. The molecule has 1 fully saturated rings. The van der Waals surface area contributed by atoms with Crippen LogP contribution in [-0.2, 0) is 6.42 Å². The standard InChI is InChI=1S/C12H15NS/c1-2-4-12-9(3-1)7-11(14-12)8-13-10-5-6-10/h1-4,10-11,13H,5-8H2. The van der Waals surface area contributed by atoms with E-state index in [-0.39, 0.29) is 0 Å². The topological polar surface area (TPSA) is 12.0 Å². The molecule has 1 aliphatic carbocycles. The Hall–Kier alpha value is -0.470. The molecule has 0 bridgehead atoms. The summed E-state index contributed by atoms with van der Waals surface area (Å²) in [5.74, 6) is 0. The van der Waals surface area contributed by atoms with Gasteiger partial charge in [-0.1, -0.05) is 18.2 Å². The number of nitrogens with one attached hydrogen (secondary N) is 1. The molecule has 0 amide bonds. The van der Waals surface area contributed by atoms with Crippen LogP contribution in [0.25, 0.3) is 0 Å². The molecule has 1 unspecified atom stereocenters. The van der Waals surface area contributed by atoms with Crippen molar-refractivity contribution in [2.75, 3.05) is 6.54 Å². The summed E-state index contributed by atoms with van der Waals surface area (Å²) in [4.78, 5) is 1.50. The second-order valence-corrected chi connectivity index (χ2v) is 5.58. The molecule has 3 rings (SSSR count). The molecule has 0 spiro atoms. The van der Waals surface area contributed by atoms with Gasteiger partial charge in [0, 0.05) is 22.7 Å². The second kappa shape index (κ2) is 3.59. The summed E-state index contributed by atoms with van der Waals surface area (Å²) in [6, 6.07) is 9.65. The van der Waals surface area contributed by atoms with Crippen LogP contribution in [0.4, 0.5) is 0 Å². The van der Waals surface area contributed by atoms with Crippen molar-refractivity contribution in [1.29, 1.82) is 0 Å². The highest BCUT2D eigenvalue weighted by Gasteiger charge is 2.25. The van der Waals surface area contributed by atoms with Gasteiger partial charge in [0.2, 0.25) is 0 Å². The van der Waals surface area contributed by atoms with Crippen LogP contribution in [0.15, 0.2) is 29.2 Å². The molecule has 14 heavy (non-hydrogen) atoms. The molecule has 1 saturated carbocycles. The molecule has 0 aromatic heterocycles. The van der Waals surface area contributed by atoms with Crippen molar-refractivity contribution in [2.24, 2.45) is 0 Å². The summed E-state index contributed by atoms with van der Waals surface area (Å²) in [7, 11) is 0. The first-order valence-electron chi connectivity index (χ1n) is 5.40. The predicted octanol–water partition coefficient (Wildman–Crippen LogP) is 2.46. The summed E-state index contributed by atoms with van der Waals surface area (Å²) in [5.41, 5.74) is 1.54. The molecule has 74 valence electrons. The third-order valence-corrected chi connectivity index (χ3v) is 4.24. The fourth-order valence-electron chi connectivity index (χ4n) is 1.95. The van der Waals surface area contributed by atoms with E-state index in [9.17, 15) is 0 Å². The molecule has 1 atom stereocenters. The fourth-order valence-corrected chi connectivity index (χ4v) is 3.21. The van der Waals surface area contributed by atoms with Gasteiger partial charge in [-0.25, -0.2) is 0 Å². The minimum Gasteiger partial charge on any atom is -0.313 e. The number of fused-ring (bicyclic) bond motifs is 1. The minimum absolute atomic E-state index is 0.771. The van der Waals surface area contributed by atoms with Crippen molar-refractivity contribution in [3.63, 3.8) is 0 Å². The maximum absolute atomic E-state index is 3.61. The molecule has 1 N–H and O–H groups in total. The normalized spacial score (nSPS) is 25.0. The van der Waals surface area contributed by atoms with Gasteiger partial charge in [0.1, 0.15) is 0 Å². The van der Waals surface area contributed by atoms with Crippen molar-refractivity contribution in [3.8, 4) is 0 Å². The van der Waals surface area contributed by atoms with Gasteiger partial charge >= 0.3 is 0 Å². The van der Waals surface area contributed by atoms with E-state index in [1.54, 1.807) is 5.56 Å². The van der Waals surface area contributed by atoms with Crippen LogP contribution in [-0.4, -0.2) is 17.8 Å². The maximum atomic E-state index is 3.61. The van der Waals surface area contributed by atoms with Crippen molar-refractivity contribution in [3.05, 3.63) is 29.8 Å². The molecular formula is C12H15NS. The highest BCUT2D eigenvalue weighted by atomic mass is 32.2. The largest absolute Gasteiger partial charge is 0.313 e. The van der Waals surface area contributed by atoms with E-state index in [1.807, 2.05) is 11.8 Å². The summed E-state index contributed by atoms with van der Waals surface area (Å²) in [5, 5.41) is 4.38. The third-order valence-electron chi connectivity index (χ3n) is 2.93. The first kappa shape index (κ1) is 8.81. The van der Waals surface area contributed by atoms with E-state index in [4.69, 9.17) is 0 Å². The molecule has 0 radical (unpaired) electrons. The molecular weight excluding hydrogens is 190 g/mol. The number of thioether (sulfide) groups is 1. The summed E-state index contributed by atoms with van der Waals surface area (Å²) >= 11 is 2.04. The van der Waals surface area contributed by atoms with Crippen molar-refractivity contribution >= 4 is 11.8 Å². The first-order valence-corrected chi connectivity index (χ1v) is 6.28. The average Bonchev–Trinajstić information content (AvgIpc) is 2.94. The molecule has 1 aliphatic heterocycles. The van der Waals surface area contributed by atoms with Crippen molar-refractivity contribution in [1.82, 2.24) is 5.32 Å². The van der Waals surface area contributed by atoms with Crippen LogP contribution in [0, 0.1) is 0 Å². The van der Waals surface area contributed by atoms with Gasteiger partial charge < -0.3 is 5.32 Å². The molecule has 1 nitrogen and oxygen atoms in total. The Balaban J connectivity index is 1.60. The number of hydrogen-bond donors (Lipinski definition) is 1. The Morgan fingerprint density at radius 3 is 2.93 bits per heavy atom. The quantitative estimate of drug-likeness (QED) is 0.813. The van der Waals surface area contributed by atoms with Gasteiger partial charge in [0.25, 0.3) is 0 Å². The number of benzene rings is 1.